The van der Waals surface area contributed by atoms with Gasteiger partial charge in [0.05, 0.1) is 6.61 Å². The number of carbonyl (C=O) groups is 1. The van der Waals surface area contributed by atoms with Crippen molar-refractivity contribution in [3.05, 3.63) is 0 Å². The van der Waals surface area contributed by atoms with Gasteiger partial charge in [0.1, 0.15) is 6.42 Å². The highest BCUT2D eigenvalue weighted by Gasteiger charge is 2.42. The lowest BCUT2D eigenvalue weighted by atomic mass is 9.93. The van der Waals surface area contributed by atoms with Gasteiger partial charge in [0.2, 0.25) is 0 Å². The predicted octanol–water partition coefficient (Wildman–Crippen LogP) is 1.52. The number of ether oxygens (including phenoxy) is 1. The van der Waals surface area contributed by atoms with Gasteiger partial charge in [-0.3, -0.25) is 4.79 Å². The van der Waals surface area contributed by atoms with Gasteiger partial charge < -0.3 is 9.84 Å². The zero-order valence-corrected chi connectivity index (χ0v) is 7.13. The standard InChI is InChI=1S/C8H12F2O3/c9-8(10,4-7(11)12)6-2-1-3-13-5-6/h6H,1-5H2,(H,11,12). The number of aliphatic carboxylic acids is 1. The highest BCUT2D eigenvalue weighted by molar-refractivity contribution is 5.67. The molecule has 1 fully saturated rings. The average Bonchev–Trinajstić information content (AvgIpc) is 2.04. The van der Waals surface area contributed by atoms with E-state index >= 15 is 0 Å². The van der Waals surface area contributed by atoms with Crippen LogP contribution in [0.25, 0.3) is 0 Å². The largest absolute Gasteiger partial charge is 0.481 e. The van der Waals surface area contributed by atoms with Gasteiger partial charge in [-0.05, 0) is 12.8 Å². The first-order valence-electron chi connectivity index (χ1n) is 4.20. The zero-order chi connectivity index (χ0) is 9.90. The lowest BCUT2D eigenvalue weighted by molar-refractivity contribution is -0.155. The quantitative estimate of drug-likeness (QED) is 0.740. The Hall–Kier alpha value is -0.710. The fourth-order valence-corrected chi connectivity index (χ4v) is 1.42. The molecule has 0 saturated carbocycles. The molecular formula is C8H12F2O3. The minimum Gasteiger partial charge on any atom is -0.481 e. The number of carboxylic acid groups (broad SMARTS) is 1. The molecule has 0 bridgehead atoms. The van der Waals surface area contributed by atoms with E-state index in [1.54, 1.807) is 0 Å². The van der Waals surface area contributed by atoms with Gasteiger partial charge in [0, 0.05) is 12.5 Å². The Balaban J connectivity index is 2.50. The third kappa shape index (κ3) is 2.91. The van der Waals surface area contributed by atoms with E-state index in [0.717, 1.165) is 0 Å². The first-order chi connectivity index (χ1) is 6.02. The smallest absolute Gasteiger partial charge is 0.309 e. The molecule has 1 rings (SSSR count). The fourth-order valence-electron chi connectivity index (χ4n) is 1.42. The van der Waals surface area contributed by atoms with Crippen molar-refractivity contribution >= 4 is 5.97 Å². The van der Waals surface area contributed by atoms with E-state index in [1.165, 1.54) is 0 Å². The second-order valence-corrected chi connectivity index (χ2v) is 3.25. The Morgan fingerprint density at radius 1 is 1.62 bits per heavy atom. The van der Waals surface area contributed by atoms with Crippen molar-refractivity contribution in [3.63, 3.8) is 0 Å². The average molecular weight is 194 g/mol. The van der Waals surface area contributed by atoms with Crippen molar-refractivity contribution in [2.45, 2.75) is 25.2 Å². The number of carboxylic acids is 1. The van der Waals surface area contributed by atoms with Crippen molar-refractivity contribution in [1.82, 2.24) is 0 Å². The minimum absolute atomic E-state index is 0.0275. The van der Waals surface area contributed by atoms with E-state index < -0.39 is 24.2 Å². The van der Waals surface area contributed by atoms with Crippen LogP contribution in [0.1, 0.15) is 19.3 Å². The van der Waals surface area contributed by atoms with Crippen molar-refractivity contribution < 1.29 is 23.4 Å². The summed E-state index contributed by atoms with van der Waals surface area (Å²) in [6, 6.07) is 0. The second kappa shape index (κ2) is 4.00. The third-order valence-corrected chi connectivity index (χ3v) is 2.14. The summed E-state index contributed by atoms with van der Waals surface area (Å²) < 4.78 is 31.1. The van der Waals surface area contributed by atoms with Gasteiger partial charge in [-0.1, -0.05) is 0 Å². The molecular weight excluding hydrogens is 182 g/mol. The van der Waals surface area contributed by atoms with E-state index in [0.29, 0.717) is 19.4 Å². The molecule has 0 radical (unpaired) electrons. The van der Waals surface area contributed by atoms with E-state index in [2.05, 4.69) is 0 Å². The first kappa shape index (κ1) is 10.4. The molecule has 0 aromatic rings. The molecule has 1 unspecified atom stereocenters. The van der Waals surface area contributed by atoms with Crippen LogP contribution in [-0.2, 0) is 9.53 Å². The lowest BCUT2D eigenvalue weighted by Gasteiger charge is -2.28. The van der Waals surface area contributed by atoms with Crippen LogP contribution in [-0.4, -0.2) is 30.2 Å². The summed E-state index contributed by atoms with van der Waals surface area (Å²) in [5.41, 5.74) is 0. The Morgan fingerprint density at radius 3 is 2.77 bits per heavy atom. The summed E-state index contributed by atoms with van der Waals surface area (Å²) in [5, 5.41) is 8.26. The van der Waals surface area contributed by atoms with Crippen LogP contribution in [0, 0.1) is 5.92 Å². The number of halogens is 2. The molecule has 0 aromatic carbocycles. The maximum absolute atomic E-state index is 13.1. The summed E-state index contributed by atoms with van der Waals surface area (Å²) in [4.78, 5) is 10.1. The summed E-state index contributed by atoms with van der Waals surface area (Å²) >= 11 is 0. The highest BCUT2D eigenvalue weighted by Crippen LogP contribution is 2.33. The molecule has 1 aliphatic rings. The Morgan fingerprint density at radius 2 is 2.31 bits per heavy atom. The van der Waals surface area contributed by atoms with E-state index in [-0.39, 0.29) is 6.61 Å². The molecule has 76 valence electrons. The second-order valence-electron chi connectivity index (χ2n) is 3.25. The molecule has 1 heterocycles. The monoisotopic (exact) mass is 194 g/mol. The molecule has 1 aliphatic heterocycles. The molecule has 3 nitrogen and oxygen atoms in total. The molecule has 0 amide bonds. The molecule has 1 N–H and O–H groups in total. The highest BCUT2D eigenvalue weighted by atomic mass is 19.3. The molecule has 0 spiro atoms. The van der Waals surface area contributed by atoms with Crippen LogP contribution >= 0.6 is 0 Å². The summed E-state index contributed by atoms with van der Waals surface area (Å²) in [6.45, 7) is 0.472. The predicted molar refractivity (Wildman–Crippen MR) is 40.7 cm³/mol. The van der Waals surface area contributed by atoms with E-state index in [9.17, 15) is 13.6 Å². The number of hydrogen-bond donors (Lipinski definition) is 1. The Labute approximate surface area is 74.7 Å². The van der Waals surface area contributed by atoms with Crippen LogP contribution in [0.2, 0.25) is 0 Å². The molecule has 13 heavy (non-hydrogen) atoms. The van der Waals surface area contributed by atoms with Crippen molar-refractivity contribution in [2.75, 3.05) is 13.2 Å². The fraction of sp³-hybridized carbons (Fsp3) is 0.875. The number of alkyl halides is 2. The first-order valence-corrected chi connectivity index (χ1v) is 4.20. The maximum atomic E-state index is 13.1. The van der Waals surface area contributed by atoms with Crippen LogP contribution in [0.3, 0.4) is 0 Å². The Bertz CT molecular complexity index is 188. The minimum atomic E-state index is -3.13. The van der Waals surface area contributed by atoms with Gasteiger partial charge in [-0.2, -0.15) is 0 Å². The van der Waals surface area contributed by atoms with Crippen molar-refractivity contribution in [3.8, 4) is 0 Å². The SMILES string of the molecule is O=C(O)CC(F)(F)C1CCCOC1. The third-order valence-electron chi connectivity index (χ3n) is 2.14. The molecule has 0 aromatic heterocycles. The molecule has 5 heteroatoms. The summed E-state index contributed by atoms with van der Waals surface area (Å²) in [5.74, 6) is -5.53. The maximum Gasteiger partial charge on any atom is 0.309 e. The van der Waals surface area contributed by atoms with E-state index in [4.69, 9.17) is 9.84 Å². The van der Waals surface area contributed by atoms with Gasteiger partial charge in [0.25, 0.3) is 5.92 Å². The topological polar surface area (TPSA) is 46.5 Å². The van der Waals surface area contributed by atoms with Gasteiger partial charge in [-0.15, -0.1) is 0 Å². The summed E-state index contributed by atoms with van der Waals surface area (Å²) in [6.07, 6.45) is -0.165. The van der Waals surface area contributed by atoms with Crippen molar-refractivity contribution in [1.29, 1.82) is 0 Å². The zero-order valence-electron chi connectivity index (χ0n) is 7.13. The Kier molecular flexibility index (Phi) is 3.19. The van der Waals surface area contributed by atoms with Crippen molar-refractivity contribution in [2.24, 2.45) is 5.92 Å². The van der Waals surface area contributed by atoms with Gasteiger partial charge >= 0.3 is 5.97 Å². The van der Waals surface area contributed by atoms with Crippen LogP contribution in [0.5, 0.6) is 0 Å². The number of hydrogen-bond acceptors (Lipinski definition) is 2. The normalized spacial score (nSPS) is 24.3. The van der Waals surface area contributed by atoms with Crippen LogP contribution < -0.4 is 0 Å². The van der Waals surface area contributed by atoms with E-state index in [1.807, 2.05) is 0 Å². The molecule has 1 saturated heterocycles. The summed E-state index contributed by atoms with van der Waals surface area (Å²) in [7, 11) is 0. The van der Waals surface area contributed by atoms with Gasteiger partial charge in [-0.25, -0.2) is 8.78 Å². The lowest BCUT2D eigenvalue weighted by Crippen LogP contribution is -2.36. The number of rotatable bonds is 3. The molecule has 0 aliphatic carbocycles. The van der Waals surface area contributed by atoms with Crippen LogP contribution in [0.4, 0.5) is 8.78 Å². The van der Waals surface area contributed by atoms with Crippen LogP contribution in [0.15, 0.2) is 0 Å². The van der Waals surface area contributed by atoms with Gasteiger partial charge in [0.15, 0.2) is 0 Å². The molecule has 1 atom stereocenters.